The number of aromatic nitrogens is 1. The number of para-hydroxylation sites is 1. The topological polar surface area (TPSA) is 74.6 Å². The summed E-state index contributed by atoms with van der Waals surface area (Å²) in [7, 11) is 0. The zero-order valence-corrected chi connectivity index (χ0v) is 11.1. The maximum Gasteiger partial charge on any atom is 0.271 e. The van der Waals surface area contributed by atoms with Gasteiger partial charge in [0.05, 0.1) is 5.71 Å². The van der Waals surface area contributed by atoms with E-state index in [1.54, 1.807) is 42.7 Å². The Bertz CT molecular complexity index is 624. The molecule has 0 spiro atoms. The number of benzene rings is 1. The van der Waals surface area contributed by atoms with Gasteiger partial charge >= 0.3 is 0 Å². The summed E-state index contributed by atoms with van der Waals surface area (Å²) in [5.74, 6) is -0.167. The second-order valence-electron chi connectivity index (χ2n) is 4.11. The monoisotopic (exact) mass is 269 g/mol. The summed E-state index contributed by atoms with van der Waals surface area (Å²) < 4.78 is 0. The first kappa shape index (κ1) is 13.7. The number of nitrogens with zero attached hydrogens (tertiary/aromatic N) is 2. The van der Waals surface area contributed by atoms with Gasteiger partial charge in [0.15, 0.2) is 0 Å². The number of hydrazone groups is 1. The molecule has 0 aliphatic rings. The predicted octanol–water partition coefficient (Wildman–Crippen LogP) is 2.33. The van der Waals surface area contributed by atoms with Crippen LogP contribution in [0.3, 0.4) is 0 Å². The van der Waals surface area contributed by atoms with Crippen LogP contribution in [0.15, 0.2) is 53.9 Å². The molecule has 0 radical (unpaired) electrons. The maximum atomic E-state index is 11.9. The molecule has 2 N–H and O–H groups in total. The van der Waals surface area contributed by atoms with Crippen LogP contribution in [-0.2, 0) is 0 Å². The summed E-state index contributed by atoms with van der Waals surface area (Å²) in [6.45, 7) is 1.91. The highest BCUT2D eigenvalue weighted by Crippen LogP contribution is 2.17. The van der Waals surface area contributed by atoms with E-state index in [0.717, 1.165) is 0 Å². The fraction of sp³-hybridized carbons (Fsp3) is 0.133. The molecule has 0 atom stereocenters. The molecule has 0 aliphatic heterocycles. The molecule has 5 heteroatoms. The highest BCUT2D eigenvalue weighted by Gasteiger charge is 2.08. The van der Waals surface area contributed by atoms with Crippen LogP contribution in [0.4, 0.5) is 0 Å². The Balaban J connectivity index is 2.17. The van der Waals surface area contributed by atoms with Crippen LogP contribution in [0.2, 0.25) is 0 Å². The SMILES string of the molecule is CC/C(=N\NC(=O)c1ccncc1)c1ccccc1O. The second-order valence-corrected chi connectivity index (χ2v) is 4.11. The number of hydrogen-bond acceptors (Lipinski definition) is 4. The Morgan fingerprint density at radius 2 is 1.95 bits per heavy atom. The van der Waals surface area contributed by atoms with E-state index < -0.39 is 0 Å². The van der Waals surface area contributed by atoms with Crippen LogP contribution < -0.4 is 5.43 Å². The number of pyridine rings is 1. The third-order valence-electron chi connectivity index (χ3n) is 2.78. The van der Waals surface area contributed by atoms with E-state index >= 15 is 0 Å². The molecule has 1 aromatic heterocycles. The van der Waals surface area contributed by atoms with Crippen molar-refractivity contribution in [3.8, 4) is 5.75 Å². The lowest BCUT2D eigenvalue weighted by atomic mass is 10.1. The fourth-order valence-electron chi connectivity index (χ4n) is 1.73. The Kier molecular flexibility index (Phi) is 4.44. The first-order valence-electron chi connectivity index (χ1n) is 6.27. The molecule has 102 valence electrons. The number of carbonyl (C=O) groups excluding carboxylic acids is 1. The minimum absolute atomic E-state index is 0.145. The minimum atomic E-state index is -0.311. The molecule has 1 heterocycles. The van der Waals surface area contributed by atoms with E-state index in [1.807, 2.05) is 13.0 Å². The Labute approximate surface area is 117 Å². The number of hydrogen-bond donors (Lipinski definition) is 2. The van der Waals surface area contributed by atoms with Gasteiger partial charge < -0.3 is 5.11 Å². The van der Waals surface area contributed by atoms with Gasteiger partial charge in [0.25, 0.3) is 5.91 Å². The summed E-state index contributed by atoms with van der Waals surface area (Å²) in [6.07, 6.45) is 3.68. The van der Waals surface area contributed by atoms with Crippen molar-refractivity contribution in [2.24, 2.45) is 5.10 Å². The molecule has 0 unspecified atom stereocenters. The van der Waals surface area contributed by atoms with Crippen LogP contribution in [0.1, 0.15) is 29.3 Å². The van der Waals surface area contributed by atoms with Crippen LogP contribution in [-0.4, -0.2) is 21.7 Å². The lowest BCUT2D eigenvalue weighted by Gasteiger charge is -2.07. The average molecular weight is 269 g/mol. The standard InChI is InChI=1S/C15H15N3O2/c1-2-13(12-5-3-4-6-14(12)19)17-18-15(20)11-7-9-16-10-8-11/h3-10,19H,2H2,1H3,(H,18,20)/b17-13+. The van der Waals surface area contributed by atoms with Crippen molar-refractivity contribution in [3.63, 3.8) is 0 Å². The lowest BCUT2D eigenvalue weighted by Crippen LogP contribution is -2.20. The molecule has 0 bridgehead atoms. The van der Waals surface area contributed by atoms with Crippen molar-refractivity contribution in [1.29, 1.82) is 0 Å². The summed E-state index contributed by atoms with van der Waals surface area (Å²) in [5.41, 5.74) is 4.20. The van der Waals surface area contributed by atoms with E-state index in [4.69, 9.17) is 0 Å². The van der Waals surface area contributed by atoms with Crippen LogP contribution in [0.25, 0.3) is 0 Å². The van der Waals surface area contributed by atoms with Gasteiger partial charge in [0, 0.05) is 23.5 Å². The first-order chi connectivity index (χ1) is 9.72. The van der Waals surface area contributed by atoms with Gasteiger partial charge in [-0.25, -0.2) is 5.43 Å². The van der Waals surface area contributed by atoms with Crippen LogP contribution in [0, 0.1) is 0 Å². The second kappa shape index (κ2) is 6.47. The van der Waals surface area contributed by atoms with Gasteiger partial charge in [-0.15, -0.1) is 0 Å². The molecule has 1 aromatic carbocycles. The first-order valence-corrected chi connectivity index (χ1v) is 6.27. The van der Waals surface area contributed by atoms with Crippen molar-refractivity contribution >= 4 is 11.6 Å². The normalized spacial score (nSPS) is 11.2. The van der Waals surface area contributed by atoms with Crippen molar-refractivity contribution in [2.45, 2.75) is 13.3 Å². The molecule has 0 saturated carbocycles. The predicted molar refractivity (Wildman–Crippen MR) is 76.6 cm³/mol. The molecule has 0 aliphatic carbocycles. The third-order valence-corrected chi connectivity index (χ3v) is 2.78. The summed E-state index contributed by atoms with van der Waals surface area (Å²) in [6, 6.07) is 10.1. The molecule has 0 fully saturated rings. The number of aromatic hydroxyl groups is 1. The summed E-state index contributed by atoms with van der Waals surface area (Å²) >= 11 is 0. The number of nitrogens with one attached hydrogen (secondary N) is 1. The van der Waals surface area contributed by atoms with Gasteiger partial charge in [-0.3, -0.25) is 9.78 Å². The van der Waals surface area contributed by atoms with E-state index in [-0.39, 0.29) is 11.7 Å². The number of phenolic OH excluding ortho intramolecular Hbond substituents is 1. The fourth-order valence-corrected chi connectivity index (χ4v) is 1.73. The van der Waals surface area contributed by atoms with E-state index in [2.05, 4.69) is 15.5 Å². The van der Waals surface area contributed by atoms with Gasteiger partial charge in [-0.2, -0.15) is 5.10 Å². The van der Waals surface area contributed by atoms with E-state index in [9.17, 15) is 9.90 Å². The van der Waals surface area contributed by atoms with Crippen molar-refractivity contribution in [3.05, 3.63) is 59.9 Å². The number of phenols is 1. The largest absolute Gasteiger partial charge is 0.507 e. The molecular weight excluding hydrogens is 254 g/mol. The molecule has 0 saturated heterocycles. The Hall–Kier alpha value is -2.69. The van der Waals surface area contributed by atoms with Gasteiger partial charge in [0.2, 0.25) is 0 Å². The molecule has 5 nitrogen and oxygen atoms in total. The Morgan fingerprint density at radius 3 is 2.60 bits per heavy atom. The number of carbonyl (C=O) groups is 1. The molecule has 2 aromatic rings. The van der Waals surface area contributed by atoms with Crippen LogP contribution >= 0.6 is 0 Å². The molecule has 20 heavy (non-hydrogen) atoms. The van der Waals surface area contributed by atoms with E-state index in [0.29, 0.717) is 23.3 Å². The molecular formula is C15H15N3O2. The third kappa shape index (κ3) is 3.20. The number of amides is 1. The zero-order chi connectivity index (χ0) is 14.4. The Morgan fingerprint density at radius 1 is 1.25 bits per heavy atom. The van der Waals surface area contributed by atoms with Gasteiger partial charge in [-0.05, 0) is 30.7 Å². The average Bonchev–Trinajstić information content (AvgIpc) is 2.50. The summed E-state index contributed by atoms with van der Waals surface area (Å²) in [4.78, 5) is 15.7. The number of rotatable bonds is 4. The minimum Gasteiger partial charge on any atom is -0.507 e. The van der Waals surface area contributed by atoms with Crippen LogP contribution in [0.5, 0.6) is 5.75 Å². The van der Waals surface area contributed by atoms with Gasteiger partial charge in [-0.1, -0.05) is 19.1 Å². The summed E-state index contributed by atoms with van der Waals surface area (Å²) in [5, 5.41) is 13.9. The zero-order valence-electron chi connectivity index (χ0n) is 11.1. The van der Waals surface area contributed by atoms with Gasteiger partial charge in [0.1, 0.15) is 5.75 Å². The van der Waals surface area contributed by atoms with Crippen molar-refractivity contribution < 1.29 is 9.90 Å². The van der Waals surface area contributed by atoms with Crippen molar-refractivity contribution in [2.75, 3.05) is 0 Å². The lowest BCUT2D eigenvalue weighted by molar-refractivity contribution is 0.0954. The highest BCUT2D eigenvalue weighted by atomic mass is 16.3. The molecule has 1 amide bonds. The smallest absolute Gasteiger partial charge is 0.271 e. The molecule has 2 rings (SSSR count). The quantitative estimate of drug-likeness (QED) is 0.660. The highest BCUT2D eigenvalue weighted by molar-refractivity contribution is 6.03. The maximum absolute atomic E-state index is 11.9. The van der Waals surface area contributed by atoms with E-state index in [1.165, 1.54) is 0 Å². The van der Waals surface area contributed by atoms with Crippen molar-refractivity contribution in [1.82, 2.24) is 10.4 Å².